The minimum absolute atomic E-state index is 0.0687. The number of thioether (sulfide) groups is 1. The molecule has 116 valence electrons. The first-order chi connectivity index (χ1) is 10.1. The minimum Gasteiger partial charge on any atom is -0.385 e. The van der Waals surface area contributed by atoms with Crippen LogP contribution < -0.4 is 10.0 Å². The van der Waals surface area contributed by atoms with Crippen molar-refractivity contribution in [2.45, 2.75) is 48.3 Å². The highest BCUT2D eigenvalue weighted by atomic mass is 32.2. The van der Waals surface area contributed by atoms with Crippen molar-refractivity contribution >= 4 is 27.5 Å². The summed E-state index contributed by atoms with van der Waals surface area (Å²) in [6.45, 7) is 0.967. The van der Waals surface area contributed by atoms with E-state index in [1.54, 1.807) is 17.8 Å². The molecule has 1 saturated carbocycles. The van der Waals surface area contributed by atoms with Gasteiger partial charge in [-0.15, -0.1) is 0 Å². The molecule has 6 heteroatoms. The van der Waals surface area contributed by atoms with E-state index >= 15 is 0 Å². The van der Waals surface area contributed by atoms with Gasteiger partial charge in [0.2, 0.25) is 10.0 Å². The summed E-state index contributed by atoms with van der Waals surface area (Å²) >= 11 is 1.76. The summed E-state index contributed by atoms with van der Waals surface area (Å²) in [5, 5.41) is 3.71. The van der Waals surface area contributed by atoms with E-state index in [1.165, 1.54) is 0 Å². The normalized spacial score (nSPS) is 25.4. The van der Waals surface area contributed by atoms with E-state index in [0.717, 1.165) is 49.9 Å². The third kappa shape index (κ3) is 3.22. The molecule has 1 fully saturated rings. The molecule has 2 unspecified atom stereocenters. The van der Waals surface area contributed by atoms with Crippen LogP contribution >= 0.6 is 11.8 Å². The molecule has 0 bridgehead atoms. The Balaban J connectivity index is 1.81. The van der Waals surface area contributed by atoms with Crippen molar-refractivity contribution < 1.29 is 8.42 Å². The van der Waals surface area contributed by atoms with Crippen LogP contribution in [0.1, 0.15) is 31.2 Å². The molecule has 0 saturated heterocycles. The molecule has 1 aromatic carbocycles. The summed E-state index contributed by atoms with van der Waals surface area (Å²) in [6, 6.07) is 5.50. The second-order valence-electron chi connectivity index (χ2n) is 5.78. The third-order valence-corrected chi connectivity index (χ3v) is 7.04. The molecule has 4 nitrogen and oxygen atoms in total. The Morgan fingerprint density at radius 3 is 2.95 bits per heavy atom. The molecule has 21 heavy (non-hydrogen) atoms. The zero-order valence-corrected chi connectivity index (χ0v) is 13.9. The molecular weight excluding hydrogens is 304 g/mol. The average molecular weight is 326 g/mol. The smallest absolute Gasteiger partial charge is 0.240 e. The monoisotopic (exact) mass is 326 g/mol. The summed E-state index contributed by atoms with van der Waals surface area (Å²) < 4.78 is 28.1. The first kappa shape index (κ1) is 15.2. The van der Waals surface area contributed by atoms with Crippen LogP contribution in [-0.4, -0.2) is 32.5 Å². The van der Waals surface area contributed by atoms with Crippen molar-refractivity contribution in [3.63, 3.8) is 0 Å². The van der Waals surface area contributed by atoms with E-state index in [-0.39, 0.29) is 6.04 Å². The first-order valence-corrected chi connectivity index (χ1v) is 10.3. The Morgan fingerprint density at radius 1 is 1.29 bits per heavy atom. The van der Waals surface area contributed by atoms with Crippen molar-refractivity contribution in [1.82, 2.24) is 4.72 Å². The quantitative estimate of drug-likeness (QED) is 0.893. The van der Waals surface area contributed by atoms with E-state index in [1.807, 2.05) is 12.1 Å². The van der Waals surface area contributed by atoms with Crippen LogP contribution in [0.25, 0.3) is 0 Å². The molecule has 1 aliphatic carbocycles. The Hall–Kier alpha value is -0.720. The zero-order chi connectivity index (χ0) is 14.9. The van der Waals surface area contributed by atoms with Gasteiger partial charge >= 0.3 is 0 Å². The van der Waals surface area contributed by atoms with Gasteiger partial charge in [0.05, 0.1) is 4.90 Å². The highest BCUT2D eigenvalue weighted by Gasteiger charge is 2.31. The van der Waals surface area contributed by atoms with Crippen LogP contribution in [0.15, 0.2) is 23.1 Å². The number of anilines is 1. The maximum Gasteiger partial charge on any atom is 0.240 e. The molecule has 2 N–H and O–H groups in total. The van der Waals surface area contributed by atoms with Crippen LogP contribution in [0.3, 0.4) is 0 Å². The number of sulfonamides is 1. The molecule has 0 amide bonds. The van der Waals surface area contributed by atoms with Crippen molar-refractivity contribution in [3.8, 4) is 0 Å². The van der Waals surface area contributed by atoms with E-state index in [2.05, 4.69) is 16.3 Å². The Bertz CT molecular complexity index is 616. The highest BCUT2D eigenvalue weighted by molar-refractivity contribution is 7.99. The van der Waals surface area contributed by atoms with Gasteiger partial charge in [0, 0.05) is 23.5 Å². The van der Waals surface area contributed by atoms with Crippen LogP contribution in [0.5, 0.6) is 0 Å². The number of fused-ring (bicyclic) bond motifs is 1. The highest BCUT2D eigenvalue weighted by Crippen LogP contribution is 2.30. The maximum atomic E-state index is 12.6. The van der Waals surface area contributed by atoms with E-state index in [9.17, 15) is 8.42 Å². The largest absolute Gasteiger partial charge is 0.385 e. The van der Waals surface area contributed by atoms with Gasteiger partial charge in [-0.1, -0.05) is 6.42 Å². The predicted molar refractivity (Wildman–Crippen MR) is 88.5 cm³/mol. The molecular formula is C15H22N2O2S2. The van der Waals surface area contributed by atoms with Crippen LogP contribution in [-0.2, 0) is 16.4 Å². The molecule has 0 radical (unpaired) electrons. The van der Waals surface area contributed by atoms with Crippen LogP contribution in [0, 0.1) is 0 Å². The van der Waals surface area contributed by atoms with E-state index in [0.29, 0.717) is 10.1 Å². The second-order valence-corrected chi connectivity index (χ2v) is 8.57. The number of nitrogens with one attached hydrogen (secondary N) is 2. The zero-order valence-electron chi connectivity index (χ0n) is 12.3. The molecule has 1 heterocycles. The number of benzene rings is 1. The molecule has 0 spiro atoms. The summed E-state index contributed by atoms with van der Waals surface area (Å²) in [7, 11) is -3.41. The van der Waals surface area contributed by atoms with Gasteiger partial charge in [-0.2, -0.15) is 11.8 Å². The molecule has 0 aromatic heterocycles. The Kier molecular flexibility index (Phi) is 4.47. The van der Waals surface area contributed by atoms with Crippen molar-refractivity contribution in [2.75, 3.05) is 18.1 Å². The van der Waals surface area contributed by atoms with Gasteiger partial charge in [0.25, 0.3) is 0 Å². The lowest BCUT2D eigenvalue weighted by molar-refractivity contribution is 0.555. The molecule has 2 aliphatic rings. The Morgan fingerprint density at radius 2 is 2.14 bits per heavy atom. The standard InChI is InChI=1S/C15H22N2O2S2/c1-20-15-6-2-5-14(15)17-21(18,19)12-7-8-13-11(10-12)4-3-9-16-13/h7-8,10,14-17H,2-6,9H2,1H3. The lowest BCUT2D eigenvalue weighted by Crippen LogP contribution is -2.38. The maximum absolute atomic E-state index is 12.6. The fraction of sp³-hybridized carbons (Fsp3) is 0.600. The molecule has 1 aliphatic heterocycles. The lowest BCUT2D eigenvalue weighted by atomic mass is 10.0. The van der Waals surface area contributed by atoms with Crippen LogP contribution in [0.4, 0.5) is 5.69 Å². The number of hydrogen-bond acceptors (Lipinski definition) is 4. The van der Waals surface area contributed by atoms with Gasteiger partial charge in [0.15, 0.2) is 0 Å². The van der Waals surface area contributed by atoms with Crippen molar-refractivity contribution in [1.29, 1.82) is 0 Å². The van der Waals surface area contributed by atoms with Crippen molar-refractivity contribution in [3.05, 3.63) is 23.8 Å². The molecule has 1 aromatic rings. The summed E-state index contributed by atoms with van der Waals surface area (Å²) in [5.74, 6) is 0. The lowest BCUT2D eigenvalue weighted by Gasteiger charge is -2.21. The van der Waals surface area contributed by atoms with Gasteiger partial charge < -0.3 is 5.32 Å². The number of rotatable bonds is 4. The van der Waals surface area contributed by atoms with E-state index in [4.69, 9.17) is 0 Å². The van der Waals surface area contributed by atoms with Crippen LogP contribution in [0.2, 0.25) is 0 Å². The van der Waals surface area contributed by atoms with Gasteiger partial charge in [0.1, 0.15) is 0 Å². The molecule has 3 rings (SSSR count). The number of aryl methyl sites for hydroxylation is 1. The van der Waals surface area contributed by atoms with Gasteiger partial charge in [-0.3, -0.25) is 0 Å². The fourth-order valence-corrected chi connectivity index (χ4v) is 5.61. The van der Waals surface area contributed by atoms with Gasteiger partial charge in [-0.25, -0.2) is 13.1 Å². The second kappa shape index (κ2) is 6.18. The topological polar surface area (TPSA) is 58.2 Å². The predicted octanol–water partition coefficient (Wildman–Crippen LogP) is 2.61. The van der Waals surface area contributed by atoms with Crippen molar-refractivity contribution in [2.24, 2.45) is 0 Å². The first-order valence-electron chi connectivity index (χ1n) is 7.52. The SMILES string of the molecule is CSC1CCCC1NS(=O)(=O)c1ccc2c(c1)CCCN2. The fourth-order valence-electron chi connectivity index (χ4n) is 3.23. The summed E-state index contributed by atoms with van der Waals surface area (Å²) in [4.78, 5) is 0.400. The number of hydrogen-bond donors (Lipinski definition) is 2. The summed E-state index contributed by atoms with van der Waals surface area (Å²) in [5.41, 5.74) is 2.18. The average Bonchev–Trinajstić information content (AvgIpc) is 2.93. The van der Waals surface area contributed by atoms with Gasteiger partial charge in [-0.05, 0) is 55.7 Å². The molecule has 2 atom stereocenters. The third-order valence-electron chi connectivity index (χ3n) is 4.39. The summed E-state index contributed by atoms with van der Waals surface area (Å²) in [6.07, 6.45) is 7.21. The van der Waals surface area contributed by atoms with E-state index < -0.39 is 10.0 Å². The minimum atomic E-state index is -3.41. The Labute approximate surface area is 131 Å².